The van der Waals surface area contributed by atoms with E-state index < -0.39 is 10.0 Å². The van der Waals surface area contributed by atoms with Gasteiger partial charge in [0.25, 0.3) is 15.9 Å². The number of rotatable bonds is 8. The van der Waals surface area contributed by atoms with E-state index in [4.69, 9.17) is 4.74 Å². The lowest BCUT2D eigenvalue weighted by Crippen LogP contribution is -2.40. The number of hydrogen-bond donors (Lipinski definition) is 2. The van der Waals surface area contributed by atoms with Crippen molar-refractivity contribution in [3.05, 3.63) is 48.7 Å². The topological polar surface area (TPSA) is 146 Å². The van der Waals surface area contributed by atoms with E-state index in [9.17, 15) is 13.2 Å². The Hall–Kier alpha value is -3.84. The molecular formula is C26H30N8O4S. The minimum atomic E-state index is -3.47. The van der Waals surface area contributed by atoms with E-state index in [-0.39, 0.29) is 23.2 Å². The largest absolute Gasteiger partial charge is 0.379 e. The van der Waals surface area contributed by atoms with Gasteiger partial charge in [0.05, 0.1) is 46.9 Å². The number of nitrogens with one attached hydrogen (secondary N) is 2. The zero-order valence-electron chi connectivity index (χ0n) is 21.7. The average molecular weight is 551 g/mol. The zero-order chi connectivity index (χ0) is 27.1. The van der Waals surface area contributed by atoms with Gasteiger partial charge in [-0.2, -0.15) is 9.19 Å². The number of anilines is 2. The Balaban J connectivity index is 1.25. The van der Waals surface area contributed by atoms with Crippen molar-refractivity contribution in [2.75, 3.05) is 18.5 Å². The Morgan fingerprint density at radius 2 is 1.97 bits per heavy atom. The molecule has 0 spiro atoms. The summed E-state index contributed by atoms with van der Waals surface area (Å²) in [7, 11) is -3.47. The number of pyridine rings is 1. The summed E-state index contributed by atoms with van der Waals surface area (Å²) in [6.07, 6.45) is 11.2. The van der Waals surface area contributed by atoms with Crippen molar-refractivity contribution in [1.82, 2.24) is 34.0 Å². The van der Waals surface area contributed by atoms with Crippen molar-refractivity contribution in [3.63, 3.8) is 0 Å². The second-order valence-electron chi connectivity index (χ2n) is 10.3. The van der Waals surface area contributed by atoms with Gasteiger partial charge in [0.2, 0.25) is 0 Å². The first-order chi connectivity index (χ1) is 18.8. The number of fused-ring (bicyclic) bond motifs is 1. The molecule has 1 atom stereocenters. The molecular weight excluding hydrogens is 520 g/mol. The SMILES string of the molecule is CC(C)n1cc(C(=O)NC2CCCOC2)c2cnc(Nc3ccnc(-c4cnn(S(=O)(=O)C5CC5)c4)n3)cc21. The number of hydrogen-bond acceptors (Lipinski definition) is 9. The van der Waals surface area contributed by atoms with E-state index in [0.29, 0.717) is 48.0 Å². The van der Waals surface area contributed by atoms with Gasteiger partial charge in [-0.3, -0.25) is 4.79 Å². The van der Waals surface area contributed by atoms with E-state index in [1.807, 2.05) is 12.3 Å². The smallest absolute Gasteiger partial charge is 0.256 e. The molecule has 0 aromatic carbocycles. The summed E-state index contributed by atoms with van der Waals surface area (Å²) in [5, 5.41) is 10.7. The Morgan fingerprint density at radius 1 is 1.13 bits per heavy atom. The van der Waals surface area contributed by atoms with Crippen LogP contribution < -0.4 is 10.6 Å². The van der Waals surface area contributed by atoms with Gasteiger partial charge in [0.1, 0.15) is 11.6 Å². The summed E-state index contributed by atoms with van der Waals surface area (Å²) >= 11 is 0. The van der Waals surface area contributed by atoms with Crippen LogP contribution in [0.15, 0.2) is 43.1 Å². The van der Waals surface area contributed by atoms with Crippen LogP contribution >= 0.6 is 0 Å². The van der Waals surface area contributed by atoms with Gasteiger partial charge in [-0.25, -0.2) is 23.4 Å². The summed E-state index contributed by atoms with van der Waals surface area (Å²) in [5.41, 5.74) is 1.94. The number of carbonyl (C=O) groups excluding carboxylic acids is 1. The highest BCUT2D eigenvalue weighted by molar-refractivity contribution is 7.90. The van der Waals surface area contributed by atoms with E-state index in [2.05, 4.69) is 49.1 Å². The fourth-order valence-electron chi connectivity index (χ4n) is 4.71. The second-order valence-corrected chi connectivity index (χ2v) is 12.3. The Morgan fingerprint density at radius 3 is 2.72 bits per heavy atom. The van der Waals surface area contributed by atoms with Gasteiger partial charge in [0, 0.05) is 42.7 Å². The molecule has 1 unspecified atom stereocenters. The highest BCUT2D eigenvalue weighted by Crippen LogP contribution is 2.31. The molecule has 5 heterocycles. The molecule has 0 radical (unpaired) electrons. The Kier molecular flexibility index (Phi) is 6.55. The minimum absolute atomic E-state index is 0.00507. The predicted octanol–water partition coefficient (Wildman–Crippen LogP) is 3.26. The Bertz CT molecular complexity index is 1630. The number of nitrogens with zero attached hydrogens (tertiary/aromatic N) is 6. The van der Waals surface area contributed by atoms with Crippen LogP contribution in [-0.2, 0) is 14.8 Å². The lowest BCUT2D eigenvalue weighted by molar-refractivity contribution is 0.0625. The van der Waals surface area contributed by atoms with Crippen molar-refractivity contribution in [1.29, 1.82) is 0 Å². The summed E-state index contributed by atoms with van der Waals surface area (Å²) < 4.78 is 33.5. The lowest BCUT2D eigenvalue weighted by atomic mass is 10.1. The molecule has 6 rings (SSSR count). The standard InChI is InChI=1S/C26H30N8O4S/c1-16(2)33-14-21(26(35)30-18-4-3-9-38-15-18)20-12-28-24(10-22(20)33)31-23-7-8-27-25(32-23)17-11-29-34(13-17)39(36,37)19-5-6-19/h7-8,10-14,16,18-19H,3-6,9,15H2,1-2H3,(H,30,35)(H,27,28,31,32). The Labute approximate surface area is 225 Å². The fraction of sp³-hybridized carbons (Fsp3) is 0.423. The molecule has 39 heavy (non-hydrogen) atoms. The maximum absolute atomic E-state index is 13.1. The number of carbonyl (C=O) groups is 1. The van der Waals surface area contributed by atoms with E-state index in [1.165, 1.54) is 12.4 Å². The molecule has 2 N–H and O–H groups in total. The first kappa shape index (κ1) is 25.4. The van der Waals surface area contributed by atoms with Gasteiger partial charge >= 0.3 is 0 Å². The quantitative estimate of drug-likeness (QED) is 0.337. The molecule has 12 nitrogen and oxygen atoms in total. The van der Waals surface area contributed by atoms with Crippen molar-refractivity contribution >= 4 is 38.5 Å². The molecule has 204 valence electrons. The van der Waals surface area contributed by atoms with E-state index in [0.717, 1.165) is 34.4 Å². The summed E-state index contributed by atoms with van der Waals surface area (Å²) in [5.74, 6) is 1.24. The molecule has 4 aromatic heterocycles. The zero-order valence-corrected chi connectivity index (χ0v) is 22.6. The van der Waals surface area contributed by atoms with Gasteiger partial charge in [-0.15, -0.1) is 0 Å². The first-order valence-electron chi connectivity index (χ1n) is 13.1. The van der Waals surface area contributed by atoms with Crippen molar-refractivity contribution in [2.24, 2.45) is 0 Å². The molecule has 1 saturated carbocycles. The number of aromatic nitrogens is 6. The maximum atomic E-state index is 13.1. The predicted molar refractivity (Wildman–Crippen MR) is 145 cm³/mol. The van der Waals surface area contributed by atoms with Crippen molar-refractivity contribution in [3.8, 4) is 11.4 Å². The molecule has 0 bridgehead atoms. The maximum Gasteiger partial charge on any atom is 0.256 e. The molecule has 2 aliphatic rings. The number of amides is 1. The first-order valence-corrected chi connectivity index (χ1v) is 14.6. The molecule has 1 aliphatic heterocycles. The third kappa shape index (κ3) is 5.11. The molecule has 13 heteroatoms. The molecule has 1 saturated heterocycles. The average Bonchev–Trinajstić information content (AvgIpc) is 3.54. The van der Waals surface area contributed by atoms with Crippen LogP contribution in [0.3, 0.4) is 0 Å². The monoisotopic (exact) mass is 550 g/mol. The minimum Gasteiger partial charge on any atom is -0.379 e. The summed E-state index contributed by atoms with van der Waals surface area (Å²) in [6.45, 7) is 5.38. The number of ether oxygens (including phenoxy) is 1. The van der Waals surface area contributed by atoms with E-state index in [1.54, 1.807) is 18.5 Å². The molecule has 1 aliphatic carbocycles. The van der Waals surface area contributed by atoms with Crippen LogP contribution in [0.4, 0.5) is 11.6 Å². The highest BCUT2D eigenvalue weighted by atomic mass is 32.2. The van der Waals surface area contributed by atoms with E-state index >= 15 is 0 Å². The van der Waals surface area contributed by atoms with Crippen LogP contribution in [0.25, 0.3) is 22.3 Å². The van der Waals surface area contributed by atoms with Crippen LogP contribution in [0.5, 0.6) is 0 Å². The summed E-state index contributed by atoms with van der Waals surface area (Å²) in [4.78, 5) is 26.5. The molecule has 2 fully saturated rings. The van der Waals surface area contributed by atoms with Gasteiger partial charge in [-0.1, -0.05) is 0 Å². The van der Waals surface area contributed by atoms with Crippen LogP contribution in [0, 0.1) is 0 Å². The lowest BCUT2D eigenvalue weighted by Gasteiger charge is -2.22. The third-order valence-corrected chi connectivity index (χ3v) is 8.99. The molecule has 4 aromatic rings. The van der Waals surface area contributed by atoms with Crippen molar-refractivity contribution in [2.45, 2.75) is 56.9 Å². The highest BCUT2D eigenvalue weighted by Gasteiger charge is 2.37. The normalized spacial score (nSPS) is 18.0. The van der Waals surface area contributed by atoms with Gasteiger partial charge in [-0.05, 0) is 45.6 Å². The van der Waals surface area contributed by atoms with Gasteiger partial charge < -0.3 is 19.9 Å². The van der Waals surface area contributed by atoms with Gasteiger partial charge in [0.15, 0.2) is 5.82 Å². The van der Waals surface area contributed by atoms with Crippen molar-refractivity contribution < 1.29 is 17.9 Å². The second kappa shape index (κ2) is 10.0. The van der Waals surface area contributed by atoms with Crippen LogP contribution in [0.1, 0.15) is 55.9 Å². The summed E-state index contributed by atoms with van der Waals surface area (Å²) in [6, 6.07) is 3.72. The van der Waals surface area contributed by atoms with Crippen LogP contribution in [-0.4, -0.2) is 67.5 Å². The molecule has 1 amide bonds. The third-order valence-electron chi connectivity index (χ3n) is 6.95. The van der Waals surface area contributed by atoms with Crippen LogP contribution in [0.2, 0.25) is 0 Å². The fourth-order valence-corrected chi connectivity index (χ4v) is 6.19.